The summed E-state index contributed by atoms with van der Waals surface area (Å²) in [5.74, 6) is 0.903. The molecule has 0 radical (unpaired) electrons. The zero-order chi connectivity index (χ0) is 17.7. The maximum absolute atomic E-state index is 12.4. The molecule has 0 aliphatic rings. The average Bonchev–Trinajstić information content (AvgIpc) is 2.63. The number of ether oxygens (including phenoxy) is 1. The second-order valence-electron chi connectivity index (χ2n) is 5.31. The minimum Gasteiger partial charge on any atom is -0.494 e. The van der Waals surface area contributed by atoms with Gasteiger partial charge in [-0.2, -0.15) is 0 Å². The quantitative estimate of drug-likeness (QED) is 0.728. The molecule has 1 aromatic heterocycles. The molecular formula is C19H18N2O3S. The topological polar surface area (TPSA) is 68.3 Å². The molecule has 0 fully saturated rings. The third-order valence-corrected chi connectivity index (χ3v) is 4.93. The van der Waals surface area contributed by atoms with Crippen molar-refractivity contribution in [3.63, 3.8) is 0 Å². The molecule has 0 amide bonds. The zero-order valence-electron chi connectivity index (χ0n) is 13.7. The minimum atomic E-state index is -3.69. The van der Waals surface area contributed by atoms with E-state index in [1.54, 1.807) is 24.4 Å². The molecule has 0 atom stereocenters. The van der Waals surface area contributed by atoms with Gasteiger partial charge in [-0.3, -0.25) is 4.72 Å². The fourth-order valence-corrected chi connectivity index (χ4v) is 3.34. The fourth-order valence-electron chi connectivity index (χ4n) is 2.33. The molecule has 25 heavy (non-hydrogen) atoms. The number of rotatable bonds is 6. The summed E-state index contributed by atoms with van der Waals surface area (Å²) < 4.78 is 32.7. The number of benzene rings is 2. The Morgan fingerprint density at radius 2 is 1.64 bits per heavy atom. The molecule has 1 N–H and O–H groups in total. The van der Waals surface area contributed by atoms with Crippen LogP contribution < -0.4 is 9.46 Å². The number of nitrogens with zero attached hydrogens (tertiary/aromatic N) is 1. The molecule has 6 heteroatoms. The Balaban J connectivity index is 1.76. The summed E-state index contributed by atoms with van der Waals surface area (Å²) in [7, 11) is -3.69. The highest BCUT2D eigenvalue weighted by atomic mass is 32.2. The third-order valence-electron chi connectivity index (χ3n) is 3.55. The van der Waals surface area contributed by atoms with Crippen LogP contribution in [0.15, 0.2) is 77.8 Å². The van der Waals surface area contributed by atoms with Crippen molar-refractivity contribution in [3.8, 4) is 16.9 Å². The first-order valence-corrected chi connectivity index (χ1v) is 9.34. The van der Waals surface area contributed by atoms with E-state index < -0.39 is 10.0 Å². The number of hydrogen-bond acceptors (Lipinski definition) is 4. The SMILES string of the molecule is CCOc1ccc(S(=O)(=O)Nc2ccc(-c3ccccc3)cn2)cc1. The van der Waals surface area contributed by atoms with Crippen LogP contribution in [0.1, 0.15) is 6.92 Å². The molecule has 0 aliphatic carbocycles. The number of sulfonamides is 1. The predicted molar refractivity (Wildman–Crippen MR) is 98.1 cm³/mol. The molecular weight excluding hydrogens is 336 g/mol. The molecule has 3 rings (SSSR count). The van der Waals surface area contributed by atoms with Crippen molar-refractivity contribution >= 4 is 15.8 Å². The molecule has 5 nitrogen and oxygen atoms in total. The second kappa shape index (κ2) is 7.36. The first-order chi connectivity index (χ1) is 12.1. The summed E-state index contributed by atoms with van der Waals surface area (Å²) >= 11 is 0. The van der Waals surface area contributed by atoms with E-state index in [2.05, 4.69) is 9.71 Å². The van der Waals surface area contributed by atoms with Gasteiger partial charge >= 0.3 is 0 Å². The van der Waals surface area contributed by atoms with Crippen LogP contribution in [0, 0.1) is 0 Å². The van der Waals surface area contributed by atoms with Crippen molar-refractivity contribution in [2.45, 2.75) is 11.8 Å². The van der Waals surface area contributed by atoms with Gasteiger partial charge in [0.25, 0.3) is 10.0 Å². The summed E-state index contributed by atoms with van der Waals surface area (Å²) in [6.07, 6.45) is 1.64. The fraction of sp³-hybridized carbons (Fsp3) is 0.105. The van der Waals surface area contributed by atoms with Gasteiger partial charge in [0.2, 0.25) is 0 Å². The van der Waals surface area contributed by atoms with Gasteiger partial charge in [-0.25, -0.2) is 13.4 Å². The molecule has 0 unspecified atom stereocenters. The molecule has 0 aliphatic heterocycles. The number of aromatic nitrogens is 1. The van der Waals surface area contributed by atoms with Gasteiger partial charge in [0.05, 0.1) is 11.5 Å². The molecule has 0 saturated carbocycles. The summed E-state index contributed by atoms with van der Waals surface area (Å²) in [6.45, 7) is 2.40. The highest BCUT2D eigenvalue weighted by Crippen LogP contribution is 2.21. The minimum absolute atomic E-state index is 0.157. The van der Waals surface area contributed by atoms with Crippen molar-refractivity contribution in [2.24, 2.45) is 0 Å². The summed E-state index contributed by atoms with van der Waals surface area (Å²) in [5, 5.41) is 0. The number of anilines is 1. The normalized spacial score (nSPS) is 11.1. The summed E-state index contributed by atoms with van der Waals surface area (Å²) in [6, 6.07) is 19.5. The van der Waals surface area contributed by atoms with E-state index in [9.17, 15) is 8.42 Å². The van der Waals surface area contributed by atoms with Crippen LogP contribution in [-0.2, 0) is 10.0 Å². The maximum atomic E-state index is 12.4. The highest BCUT2D eigenvalue weighted by Gasteiger charge is 2.15. The van der Waals surface area contributed by atoms with Crippen LogP contribution in [0.2, 0.25) is 0 Å². The van der Waals surface area contributed by atoms with Crippen LogP contribution in [0.25, 0.3) is 11.1 Å². The Hall–Kier alpha value is -2.86. The van der Waals surface area contributed by atoms with Crippen molar-refractivity contribution in [1.29, 1.82) is 0 Å². The summed E-state index contributed by atoms with van der Waals surface area (Å²) in [4.78, 5) is 4.36. The lowest BCUT2D eigenvalue weighted by molar-refractivity contribution is 0.340. The monoisotopic (exact) mass is 354 g/mol. The van der Waals surface area contributed by atoms with E-state index >= 15 is 0 Å². The summed E-state index contributed by atoms with van der Waals surface area (Å²) in [5.41, 5.74) is 1.94. The van der Waals surface area contributed by atoms with Crippen LogP contribution >= 0.6 is 0 Å². The molecule has 0 bridgehead atoms. The van der Waals surface area contributed by atoms with Crippen LogP contribution in [0.3, 0.4) is 0 Å². The highest BCUT2D eigenvalue weighted by molar-refractivity contribution is 7.92. The standard InChI is InChI=1S/C19H18N2O3S/c1-2-24-17-9-11-18(12-10-17)25(22,23)21-19-13-8-16(14-20-19)15-6-4-3-5-7-15/h3-14H,2H2,1H3,(H,20,21). The van der Waals surface area contributed by atoms with E-state index in [-0.39, 0.29) is 10.7 Å². The predicted octanol–water partition coefficient (Wildman–Crippen LogP) is 3.95. The number of pyridine rings is 1. The average molecular weight is 354 g/mol. The Labute approximate surface area is 147 Å². The van der Waals surface area contributed by atoms with Gasteiger partial charge in [-0.05, 0) is 48.9 Å². The molecule has 2 aromatic carbocycles. The van der Waals surface area contributed by atoms with Gasteiger partial charge in [-0.1, -0.05) is 30.3 Å². The van der Waals surface area contributed by atoms with E-state index in [4.69, 9.17) is 4.74 Å². The Morgan fingerprint density at radius 3 is 2.24 bits per heavy atom. The molecule has 0 spiro atoms. The van der Waals surface area contributed by atoms with Gasteiger partial charge < -0.3 is 4.74 Å². The first kappa shape index (κ1) is 17.0. The van der Waals surface area contributed by atoms with Gasteiger partial charge in [0, 0.05) is 11.8 Å². The van der Waals surface area contributed by atoms with E-state index in [1.165, 1.54) is 12.1 Å². The van der Waals surface area contributed by atoms with Crippen molar-refractivity contribution in [2.75, 3.05) is 11.3 Å². The lowest BCUT2D eigenvalue weighted by Gasteiger charge is -2.09. The van der Waals surface area contributed by atoms with E-state index in [0.717, 1.165) is 11.1 Å². The number of hydrogen-bond donors (Lipinski definition) is 1. The van der Waals surface area contributed by atoms with Gasteiger partial charge in [0.1, 0.15) is 11.6 Å². The Kier molecular flexibility index (Phi) is 5.00. The zero-order valence-corrected chi connectivity index (χ0v) is 14.5. The first-order valence-electron chi connectivity index (χ1n) is 7.85. The molecule has 0 saturated heterocycles. The second-order valence-corrected chi connectivity index (χ2v) is 6.99. The van der Waals surface area contributed by atoms with Crippen LogP contribution in [0.4, 0.5) is 5.82 Å². The molecule has 1 heterocycles. The Morgan fingerprint density at radius 1 is 0.920 bits per heavy atom. The van der Waals surface area contributed by atoms with Crippen molar-refractivity contribution in [3.05, 3.63) is 72.9 Å². The molecule has 3 aromatic rings. The Bertz CT molecular complexity index is 923. The maximum Gasteiger partial charge on any atom is 0.263 e. The third kappa shape index (κ3) is 4.16. The van der Waals surface area contributed by atoms with Gasteiger partial charge in [-0.15, -0.1) is 0 Å². The van der Waals surface area contributed by atoms with Crippen LogP contribution in [0.5, 0.6) is 5.75 Å². The van der Waals surface area contributed by atoms with Crippen molar-refractivity contribution < 1.29 is 13.2 Å². The lowest BCUT2D eigenvalue weighted by Crippen LogP contribution is -2.13. The lowest BCUT2D eigenvalue weighted by atomic mass is 10.1. The molecule has 128 valence electrons. The largest absolute Gasteiger partial charge is 0.494 e. The van der Waals surface area contributed by atoms with Crippen LogP contribution in [-0.4, -0.2) is 20.0 Å². The van der Waals surface area contributed by atoms with E-state index in [0.29, 0.717) is 12.4 Å². The number of nitrogens with one attached hydrogen (secondary N) is 1. The van der Waals surface area contributed by atoms with E-state index in [1.807, 2.05) is 43.3 Å². The van der Waals surface area contributed by atoms with Crippen molar-refractivity contribution in [1.82, 2.24) is 4.98 Å². The smallest absolute Gasteiger partial charge is 0.263 e. The van der Waals surface area contributed by atoms with Gasteiger partial charge in [0.15, 0.2) is 0 Å².